The lowest BCUT2D eigenvalue weighted by Crippen LogP contribution is -2.34. The molecule has 0 aliphatic heterocycles. The van der Waals surface area contributed by atoms with Crippen molar-refractivity contribution in [1.29, 1.82) is 0 Å². The third-order valence-electron chi connectivity index (χ3n) is 4.82. The number of rotatable bonds is 10. The maximum Gasteiger partial charge on any atom is 0.253 e. The maximum absolute atomic E-state index is 12.5. The van der Waals surface area contributed by atoms with Gasteiger partial charge in [-0.15, -0.1) is 0 Å². The van der Waals surface area contributed by atoms with Crippen LogP contribution in [0.5, 0.6) is 0 Å². The molecule has 0 atom stereocenters. The Bertz CT molecular complexity index is 757. The zero-order valence-corrected chi connectivity index (χ0v) is 17.1. The molecule has 5 nitrogen and oxygen atoms in total. The van der Waals surface area contributed by atoms with Gasteiger partial charge in [-0.1, -0.05) is 43.3 Å². The van der Waals surface area contributed by atoms with Gasteiger partial charge in [0.1, 0.15) is 0 Å². The van der Waals surface area contributed by atoms with Gasteiger partial charge in [-0.2, -0.15) is 0 Å². The third kappa shape index (κ3) is 6.50. The van der Waals surface area contributed by atoms with Gasteiger partial charge in [0, 0.05) is 30.9 Å². The fourth-order valence-corrected chi connectivity index (χ4v) is 3.11. The largest absolute Gasteiger partial charge is 0.339 e. The van der Waals surface area contributed by atoms with Crippen molar-refractivity contribution in [1.82, 2.24) is 9.80 Å². The summed E-state index contributed by atoms with van der Waals surface area (Å²) in [5, 5.41) is 2.92. The Morgan fingerprint density at radius 1 is 0.893 bits per heavy atom. The summed E-state index contributed by atoms with van der Waals surface area (Å²) in [6.07, 6.45) is 0.913. The zero-order chi connectivity index (χ0) is 20.4. The van der Waals surface area contributed by atoms with E-state index in [2.05, 4.69) is 29.3 Å². The first-order valence-corrected chi connectivity index (χ1v) is 10.0. The van der Waals surface area contributed by atoms with Crippen LogP contribution in [0.25, 0.3) is 0 Å². The molecule has 0 aromatic heterocycles. The minimum atomic E-state index is -0.0673. The van der Waals surface area contributed by atoms with Crippen LogP contribution in [0.4, 0.5) is 5.69 Å². The van der Waals surface area contributed by atoms with E-state index in [1.807, 2.05) is 38.1 Å². The van der Waals surface area contributed by atoms with Gasteiger partial charge < -0.3 is 10.2 Å². The van der Waals surface area contributed by atoms with Crippen molar-refractivity contribution in [2.75, 3.05) is 38.0 Å². The summed E-state index contributed by atoms with van der Waals surface area (Å²) >= 11 is 0. The Morgan fingerprint density at radius 2 is 1.61 bits per heavy atom. The third-order valence-corrected chi connectivity index (χ3v) is 4.82. The lowest BCUT2D eigenvalue weighted by Gasteiger charge is -2.20. The normalized spacial score (nSPS) is 10.7. The summed E-state index contributed by atoms with van der Waals surface area (Å²) < 4.78 is 0. The molecular weight excluding hydrogens is 350 g/mol. The minimum absolute atomic E-state index is 0.0147. The van der Waals surface area contributed by atoms with Crippen LogP contribution in [0.15, 0.2) is 54.6 Å². The molecule has 5 heteroatoms. The number of carbonyl (C=O) groups is 2. The molecule has 0 unspecified atom stereocenters. The lowest BCUT2D eigenvalue weighted by atomic mass is 10.1. The maximum atomic E-state index is 12.5. The number of hydrogen-bond acceptors (Lipinski definition) is 3. The van der Waals surface area contributed by atoms with Crippen molar-refractivity contribution in [3.05, 3.63) is 65.7 Å². The molecule has 1 N–H and O–H groups in total. The second-order valence-electron chi connectivity index (χ2n) is 6.71. The Morgan fingerprint density at radius 3 is 2.25 bits per heavy atom. The highest BCUT2D eigenvalue weighted by atomic mass is 16.2. The lowest BCUT2D eigenvalue weighted by molar-refractivity contribution is -0.117. The average Bonchev–Trinajstić information content (AvgIpc) is 2.72. The monoisotopic (exact) mass is 381 g/mol. The SMILES string of the molecule is CCN(CCc1ccccc1)CC(=O)Nc1cccc(C(=O)N(CC)CC)c1. The zero-order valence-electron chi connectivity index (χ0n) is 17.1. The van der Waals surface area contributed by atoms with Crippen LogP contribution in [0.1, 0.15) is 36.7 Å². The van der Waals surface area contributed by atoms with Gasteiger partial charge in [-0.05, 0) is 50.6 Å². The number of anilines is 1. The molecule has 0 heterocycles. The first-order valence-electron chi connectivity index (χ1n) is 10.0. The summed E-state index contributed by atoms with van der Waals surface area (Å²) in [6.45, 7) is 9.27. The van der Waals surface area contributed by atoms with Crippen molar-refractivity contribution in [3.8, 4) is 0 Å². The first kappa shape index (κ1) is 21.6. The van der Waals surface area contributed by atoms with Crippen molar-refractivity contribution < 1.29 is 9.59 Å². The van der Waals surface area contributed by atoms with Crippen molar-refractivity contribution in [2.24, 2.45) is 0 Å². The van der Waals surface area contributed by atoms with Gasteiger partial charge in [0.15, 0.2) is 0 Å². The van der Waals surface area contributed by atoms with Crippen molar-refractivity contribution in [3.63, 3.8) is 0 Å². The average molecular weight is 382 g/mol. The first-order chi connectivity index (χ1) is 13.6. The molecule has 2 aromatic rings. The van der Waals surface area contributed by atoms with Gasteiger partial charge in [-0.3, -0.25) is 14.5 Å². The molecule has 150 valence electrons. The van der Waals surface area contributed by atoms with Gasteiger partial charge in [-0.25, -0.2) is 0 Å². The second-order valence-corrected chi connectivity index (χ2v) is 6.71. The van der Waals surface area contributed by atoms with Crippen LogP contribution in [0.3, 0.4) is 0 Å². The Kier molecular flexibility index (Phi) is 8.69. The smallest absolute Gasteiger partial charge is 0.253 e. The molecule has 28 heavy (non-hydrogen) atoms. The van der Waals surface area contributed by atoms with Gasteiger partial charge in [0.25, 0.3) is 5.91 Å². The van der Waals surface area contributed by atoms with E-state index in [-0.39, 0.29) is 11.8 Å². The standard InChI is InChI=1S/C23H31N3O2/c1-4-25(16-15-19-11-8-7-9-12-19)18-22(27)24-21-14-10-13-20(17-21)23(28)26(5-2)6-3/h7-14,17H,4-6,15-16,18H2,1-3H3,(H,24,27). The van der Waals surface area contributed by atoms with Crippen LogP contribution in [-0.2, 0) is 11.2 Å². The Labute approximate surface area is 168 Å². The van der Waals surface area contributed by atoms with Crippen LogP contribution in [0, 0.1) is 0 Å². The molecule has 0 aliphatic rings. The van der Waals surface area contributed by atoms with E-state index in [0.717, 1.165) is 19.5 Å². The predicted octanol–water partition coefficient (Wildman–Crippen LogP) is 3.67. The van der Waals surface area contributed by atoms with Crippen LogP contribution < -0.4 is 5.32 Å². The number of nitrogens with zero attached hydrogens (tertiary/aromatic N) is 2. The quantitative estimate of drug-likeness (QED) is 0.683. The summed E-state index contributed by atoms with van der Waals surface area (Å²) in [4.78, 5) is 28.9. The number of hydrogen-bond donors (Lipinski definition) is 1. The molecule has 2 rings (SSSR count). The van der Waals surface area contributed by atoms with Gasteiger partial charge in [0.05, 0.1) is 6.54 Å². The van der Waals surface area contributed by atoms with E-state index < -0.39 is 0 Å². The summed E-state index contributed by atoms with van der Waals surface area (Å²) in [7, 11) is 0. The summed E-state index contributed by atoms with van der Waals surface area (Å²) in [5.41, 5.74) is 2.52. The minimum Gasteiger partial charge on any atom is -0.339 e. The van der Waals surface area contributed by atoms with Crippen LogP contribution >= 0.6 is 0 Å². The molecule has 2 amide bonds. The topological polar surface area (TPSA) is 52.7 Å². The van der Waals surface area contributed by atoms with Crippen molar-refractivity contribution in [2.45, 2.75) is 27.2 Å². The van der Waals surface area contributed by atoms with E-state index in [0.29, 0.717) is 30.9 Å². The molecular formula is C23H31N3O2. The van der Waals surface area contributed by atoms with E-state index >= 15 is 0 Å². The molecule has 2 aromatic carbocycles. The molecule has 0 saturated carbocycles. The highest BCUT2D eigenvalue weighted by Crippen LogP contribution is 2.13. The summed E-state index contributed by atoms with van der Waals surface area (Å²) in [5.74, 6) is -0.0819. The fraction of sp³-hybridized carbons (Fsp3) is 0.391. The number of carbonyl (C=O) groups excluding carboxylic acids is 2. The van der Waals surface area contributed by atoms with Crippen molar-refractivity contribution >= 4 is 17.5 Å². The van der Waals surface area contributed by atoms with E-state index in [9.17, 15) is 9.59 Å². The Hall–Kier alpha value is -2.66. The van der Waals surface area contributed by atoms with Gasteiger partial charge in [0.2, 0.25) is 5.91 Å². The summed E-state index contributed by atoms with van der Waals surface area (Å²) in [6, 6.07) is 17.4. The van der Waals surface area contributed by atoms with Crippen LogP contribution in [0.2, 0.25) is 0 Å². The molecule has 0 saturated heterocycles. The molecule has 0 aliphatic carbocycles. The number of likely N-dealkylation sites (N-methyl/N-ethyl adjacent to an activating group) is 1. The number of nitrogens with one attached hydrogen (secondary N) is 1. The Balaban J connectivity index is 1.92. The predicted molar refractivity (Wildman–Crippen MR) is 115 cm³/mol. The number of benzene rings is 2. The number of amides is 2. The van der Waals surface area contributed by atoms with E-state index in [1.165, 1.54) is 5.56 Å². The highest BCUT2D eigenvalue weighted by Gasteiger charge is 2.14. The van der Waals surface area contributed by atoms with Gasteiger partial charge >= 0.3 is 0 Å². The molecule has 0 bridgehead atoms. The second kappa shape index (κ2) is 11.2. The molecule has 0 spiro atoms. The van der Waals surface area contributed by atoms with Crippen LogP contribution in [-0.4, -0.2) is 54.3 Å². The van der Waals surface area contributed by atoms with E-state index in [4.69, 9.17) is 0 Å². The molecule has 0 radical (unpaired) electrons. The fourth-order valence-electron chi connectivity index (χ4n) is 3.11. The molecule has 0 fully saturated rings. The van der Waals surface area contributed by atoms with E-state index in [1.54, 1.807) is 23.1 Å². The highest BCUT2D eigenvalue weighted by molar-refractivity contribution is 5.97.